The standard InChI is InChI=1S/C27H31F4N5O2/c1-2-36(15-20-8-10-21(11-9-20)27(29,30)31)25-23(28)24(33-18-34-25)32-17-26(38)12-13-35(16-22(26)37)14-19-6-4-3-5-7-19/h3-11,18,22,37-38H,2,12-17H2,1H3,(H,32,33,34)/t22-,26-/m1/s1. The lowest BCUT2D eigenvalue weighted by atomic mass is 9.88. The second kappa shape index (κ2) is 11.6. The molecular weight excluding hydrogens is 502 g/mol. The van der Waals surface area contributed by atoms with Gasteiger partial charge >= 0.3 is 6.18 Å². The van der Waals surface area contributed by atoms with Crippen LogP contribution in [0.2, 0.25) is 0 Å². The quantitative estimate of drug-likeness (QED) is 0.358. The van der Waals surface area contributed by atoms with E-state index < -0.39 is 29.3 Å². The molecule has 2 atom stereocenters. The second-order valence-electron chi connectivity index (χ2n) is 9.51. The third-order valence-electron chi connectivity index (χ3n) is 6.83. The molecule has 0 aliphatic carbocycles. The number of nitrogens with one attached hydrogen (secondary N) is 1. The number of piperidine rings is 1. The van der Waals surface area contributed by atoms with E-state index in [0.717, 1.165) is 17.7 Å². The highest BCUT2D eigenvalue weighted by molar-refractivity contribution is 5.51. The molecule has 3 aromatic rings. The van der Waals surface area contributed by atoms with Gasteiger partial charge in [-0.25, -0.2) is 9.97 Å². The van der Waals surface area contributed by atoms with Gasteiger partial charge in [0.2, 0.25) is 5.82 Å². The Morgan fingerprint density at radius 3 is 2.42 bits per heavy atom. The fourth-order valence-electron chi connectivity index (χ4n) is 4.51. The van der Waals surface area contributed by atoms with E-state index in [1.807, 2.05) is 30.3 Å². The molecule has 0 amide bonds. The van der Waals surface area contributed by atoms with Crippen molar-refractivity contribution < 1.29 is 27.8 Å². The van der Waals surface area contributed by atoms with Crippen LogP contribution in [0.3, 0.4) is 0 Å². The highest BCUT2D eigenvalue weighted by Gasteiger charge is 2.40. The van der Waals surface area contributed by atoms with Crippen LogP contribution >= 0.6 is 0 Å². The van der Waals surface area contributed by atoms with Crippen LogP contribution in [0.5, 0.6) is 0 Å². The van der Waals surface area contributed by atoms with Crippen molar-refractivity contribution in [1.82, 2.24) is 14.9 Å². The number of β-amino-alcohol motifs (C(OH)–C–C–N with tert-alkyl or cyclic N) is 1. The molecule has 0 bridgehead atoms. The second-order valence-corrected chi connectivity index (χ2v) is 9.51. The summed E-state index contributed by atoms with van der Waals surface area (Å²) < 4.78 is 54.0. The van der Waals surface area contributed by atoms with Gasteiger partial charge in [-0.1, -0.05) is 42.5 Å². The van der Waals surface area contributed by atoms with E-state index in [-0.39, 0.29) is 37.7 Å². The van der Waals surface area contributed by atoms with Gasteiger partial charge in [-0.3, -0.25) is 4.90 Å². The summed E-state index contributed by atoms with van der Waals surface area (Å²) in [5, 5.41) is 24.6. The van der Waals surface area contributed by atoms with Crippen molar-refractivity contribution in [2.45, 2.75) is 44.3 Å². The number of rotatable bonds is 9. The zero-order chi connectivity index (χ0) is 27.3. The van der Waals surface area contributed by atoms with Crippen molar-refractivity contribution in [2.24, 2.45) is 0 Å². The summed E-state index contributed by atoms with van der Waals surface area (Å²) in [6.45, 7) is 3.61. The maximum atomic E-state index is 15.4. The summed E-state index contributed by atoms with van der Waals surface area (Å²) >= 11 is 0. The van der Waals surface area contributed by atoms with Crippen LogP contribution in [-0.2, 0) is 19.3 Å². The smallest absolute Gasteiger partial charge is 0.389 e. The van der Waals surface area contributed by atoms with Crippen LogP contribution in [0.4, 0.5) is 29.2 Å². The minimum Gasteiger partial charge on any atom is -0.389 e. The zero-order valence-corrected chi connectivity index (χ0v) is 21.0. The van der Waals surface area contributed by atoms with Crippen molar-refractivity contribution in [1.29, 1.82) is 0 Å². The predicted molar refractivity (Wildman–Crippen MR) is 136 cm³/mol. The SMILES string of the molecule is CCN(Cc1ccc(C(F)(F)F)cc1)c1ncnc(NC[C@]2(O)CCN(Cc3ccccc3)C[C@H]2O)c1F. The van der Waals surface area contributed by atoms with E-state index in [1.165, 1.54) is 18.5 Å². The Labute approximate surface area is 218 Å². The molecule has 1 aliphatic heterocycles. The molecule has 38 heavy (non-hydrogen) atoms. The molecular formula is C27H31F4N5O2. The summed E-state index contributed by atoms with van der Waals surface area (Å²) in [6, 6.07) is 14.5. The first-order valence-electron chi connectivity index (χ1n) is 12.4. The van der Waals surface area contributed by atoms with Gasteiger partial charge in [-0.2, -0.15) is 17.6 Å². The molecule has 2 heterocycles. The number of anilines is 2. The van der Waals surface area contributed by atoms with Gasteiger partial charge in [0, 0.05) is 39.3 Å². The molecule has 0 unspecified atom stereocenters. The number of alkyl halides is 3. The highest BCUT2D eigenvalue weighted by atomic mass is 19.4. The van der Waals surface area contributed by atoms with Crippen molar-refractivity contribution in [3.63, 3.8) is 0 Å². The molecule has 1 fully saturated rings. The normalized spacial score (nSPS) is 20.3. The Balaban J connectivity index is 1.39. The lowest BCUT2D eigenvalue weighted by Crippen LogP contribution is -2.58. The Kier molecular flexibility index (Phi) is 8.49. The maximum absolute atomic E-state index is 15.4. The first-order chi connectivity index (χ1) is 18.1. The zero-order valence-electron chi connectivity index (χ0n) is 21.0. The van der Waals surface area contributed by atoms with Gasteiger partial charge in [0.15, 0.2) is 11.6 Å². The van der Waals surface area contributed by atoms with Gasteiger partial charge < -0.3 is 20.4 Å². The lowest BCUT2D eigenvalue weighted by Gasteiger charge is -2.42. The number of benzene rings is 2. The van der Waals surface area contributed by atoms with Crippen LogP contribution < -0.4 is 10.2 Å². The van der Waals surface area contributed by atoms with Crippen molar-refractivity contribution in [3.8, 4) is 0 Å². The van der Waals surface area contributed by atoms with Crippen LogP contribution in [0, 0.1) is 5.82 Å². The van der Waals surface area contributed by atoms with Crippen LogP contribution in [0.1, 0.15) is 30.0 Å². The summed E-state index contributed by atoms with van der Waals surface area (Å²) in [5.74, 6) is -0.899. The van der Waals surface area contributed by atoms with Gasteiger partial charge in [0.25, 0.3) is 0 Å². The fourth-order valence-corrected chi connectivity index (χ4v) is 4.51. The van der Waals surface area contributed by atoms with E-state index in [4.69, 9.17) is 0 Å². The molecule has 11 heteroatoms. The number of aromatic nitrogens is 2. The van der Waals surface area contributed by atoms with E-state index in [9.17, 15) is 23.4 Å². The number of hydrogen-bond donors (Lipinski definition) is 3. The largest absolute Gasteiger partial charge is 0.416 e. The first-order valence-corrected chi connectivity index (χ1v) is 12.4. The summed E-state index contributed by atoms with van der Waals surface area (Å²) in [5.41, 5.74) is -0.562. The summed E-state index contributed by atoms with van der Waals surface area (Å²) in [4.78, 5) is 11.6. The van der Waals surface area contributed by atoms with Crippen LogP contribution in [0.25, 0.3) is 0 Å². The van der Waals surface area contributed by atoms with Crippen molar-refractivity contribution in [3.05, 3.63) is 83.4 Å². The molecule has 204 valence electrons. The van der Waals surface area contributed by atoms with Gasteiger partial charge in [0.05, 0.1) is 11.7 Å². The molecule has 4 rings (SSSR count). The minimum absolute atomic E-state index is 0.0184. The third kappa shape index (κ3) is 6.58. The minimum atomic E-state index is -4.43. The van der Waals surface area contributed by atoms with Gasteiger partial charge in [-0.05, 0) is 36.6 Å². The number of halogens is 4. The number of aliphatic hydroxyl groups excluding tert-OH is 1. The van der Waals surface area contributed by atoms with Crippen molar-refractivity contribution >= 4 is 11.6 Å². The number of hydrogen-bond acceptors (Lipinski definition) is 7. The fraction of sp³-hybridized carbons (Fsp3) is 0.407. The van der Waals surface area contributed by atoms with E-state index >= 15 is 4.39 Å². The molecule has 0 radical (unpaired) electrons. The van der Waals surface area contributed by atoms with Gasteiger partial charge in [0.1, 0.15) is 11.9 Å². The summed E-state index contributed by atoms with van der Waals surface area (Å²) in [6.07, 6.45) is -4.02. The van der Waals surface area contributed by atoms with E-state index in [1.54, 1.807) is 11.8 Å². The number of likely N-dealkylation sites (tertiary alicyclic amines) is 1. The Hall–Kier alpha value is -3.28. The summed E-state index contributed by atoms with van der Waals surface area (Å²) in [7, 11) is 0. The number of aliphatic hydroxyl groups is 2. The van der Waals surface area contributed by atoms with Crippen LogP contribution in [-0.4, -0.2) is 63.0 Å². The van der Waals surface area contributed by atoms with Crippen molar-refractivity contribution in [2.75, 3.05) is 36.4 Å². The Morgan fingerprint density at radius 2 is 1.79 bits per heavy atom. The monoisotopic (exact) mass is 533 g/mol. The van der Waals surface area contributed by atoms with Crippen LogP contribution in [0.15, 0.2) is 60.9 Å². The molecule has 1 saturated heterocycles. The topological polar surface area (TPSA) is 84.8 Å². The maximum Gasteiger partial charge on any atom is 0.416 e. The molecule has 3 N–H and O–H groups in total. The number of nitrogens with zero attached hydrogens (tertiary/aromatic N) is 4. The average molecular weight is 534 g/mol. The molecule has 0 saturated carbocycles. The average Bonchev–Trinajstić information content (AvgIpc) is 2.90. The lowest BCUT2D eigenvalue weighted by molar-refractivity contribution is -0.137. The molecule has 1 aliphatic rings. The van der Waals surface area contributed by atoms with E-state index in [0.29, 0.717) is 25.2 Å². The molecule has 7 nitrogen and oxygen atoms in total. The molecule has 1 aromatic heterocycles. The highest BCUT2D eigenvalue weighted by Crippen LogP contribution is 2.30. The Bertz CT molecular complexity index is 1200. The third-order valence-corrected chi connectivity index (χ3v) is 6.83. The molecule has 2 aromatic carbocycles. The van der Waals surface area contributed by atoms with Gasteiger partial charge in [-0.15, -0.1) is 0 Å². The predicted octanol–water partition coefficient (Wildman–Crippen LogP) is 4.07. The van der Waals surface area contributed by atoms with E-state index in [2.05, 4.69) is 20.2 Å². The Morgan fingerprint density at radius 1 is 1.08 bits per heavy atom. The first kappa shape index (κ1) is 27.7. The molecule has 0 spiro atoms.